The van der Waals surface area contributed by atoms with Gasteiger partial charge in [-0.1, -0.05) is 27.7 Å². The molecule has 0 aliphatic carbocycles. The Morgan fingerprint density at radius 1 is 1.35 bits per heavy atom. The first-order chi connectivity index (χ1) is 8.13. The second-order valence-corrected chi connectivity index (χ2v) is 4.06. The van der Waals surface area contributed by atoms with Crippen molar-refractivity contribution < 1.29 is 0 Å². The molecule has 0 radical (unpaired) electrons. The fourth-order valence-electron chi connectivity index (χ4n) is 1.68. The summed E-state index contributed by atoms with van der Waals surface area (Å²) in [5.41, 5.74) is 2.74. The zero-order chi connectivity index (χ0) is 13.0. The molecule has 17 heavy (non-hydrogen) atoms. The number of nitrogens with zero attached hydrogens (tertiary/aromatic N) is 3. The van der Waals surface area contributed by atoms with Gasteiger partial charge in [0.25, 0.3) is 0 Å². The average molecular weight is 229 g/mol. The van der Waals surface area contributed by atoms with E-state index in [1.54, 1.807) is 0 Å². The Morgan fingerprint density at radius 3 is 2.53 bits per heavy atom. The molecule has 2 rings (SSSR count). The van der Waals surface area contributed by atoms with Crippen LogP contribution in [0.5, 0.6) is 0 Å². The average Bonchev–Trinajstić information content (AvgIpc) is 2.68. The molecule has 90 valence electrons. The van der Waals surface area contributed by atoms with Crippen LogP contribution in [0.2, 0.25) is 0 Å². The van der Waals surface area contributed by atoms with Gasteiger partial charge in [0.15, 0.2) is 0 Å². The molecule has 0 aromatic carbocycles. The van der Waals surface area contributed by atoms with Gasteiger partial charge in [-0.2, -0.15) is 5.26 Å². The number of nitriles is 1. The molecule has 3 nitrogen and oxygen atoms in total. The molecule has 0 saturated carbocycles. The Kier molecular flexibility index (Phi) is 4.28. The summed E-state index contributed by atoms with van der Waals surface area (Å²) in [4.78, 5) is 4.38. The van der Waals surface area contributed by atoms with Crippen molar-refractivity contribution in [3.05, 3.63) is 29.6 Å². The van der Waals surface area contributed by atoms with Crippen LogP contribution in [0, 0.1) is 11.3 Å². The van der Waals surface area contributed by atoms with Crippen LogP contribution in [0.1, 0.15) is 44.7 Å². The van der Waals surface area contributed by atoms with Crippen molar-refractivity contribution in [3.63, 3.8) is 0 Å². The third-order valence-corrected chi connectivity index (χ3v) is 2.62. The molecule has 0 bridgehead atoms. The molecule has 2 heterocycles. The Morgan fingerprint density at radius 2 is 2.00 bits per heavy atom. The number of hydrogen-bond acceptors (Lipinski definition) is 2. The van der Waals surface area contributed by atoms with Gasteiger partial charge in [-0.15, -0.1) is 0 Å². The predicted molar refractivity (Wildman–Crippen MR) is 70.9 cm³/mol. The number of hydrogen-bond donors (Lipinski definition) is 0. The smallest absolute Gasteiger partial charge is 0.140 e. The predicted octanol–water partition coefficient (Wildman–Crippen LogP) is 3.59. The second kappa shape index (κ2) is 5.49. The van der Waals surface area contributed by atoms with Crippen LogP contribution in [-0.4, -0.2) is 9.55 Å². The summed E-state index contributed by atoms with van der Waals surface area (Å²) in [7, 11) is 1.91. The van der Waals surface area contributed by atoms with Gasteiger partial charge in [-0.3, -0.25) is 0 Å². The lowest BCUT2D eigenvalue weighted by Gasteiger charge is -2.04. The molecule has 0 aliphatic rings. The van der Waals surface area contributed by atoms with E-state index in [0.29, 0.717) is 11.5 Å². The van der Waals surface area contributed by atoms with Gasteiger partial charge < -0.3 is 4.57 Å². The molecule has 2 aromatic heterocycles. The van der Waals surface area contributed by atoms with Crippen molar-refractivity contribution in [2.24, 2.45) is 7.05 Å². The number of pyridine rings is 1. The first-order valence-electron chi connectivity index (χ1n) is 5.98. The summed E-state index contributed by atoms with van der Waals surface area (Å²) in [5, 5.41) is 9.94. The first kappa shape index (κ1) is 13.2. The minimum absolute atomic E-state index is 0.439. The van der Waals surface area contributed by atoms with Crippen LogP contribution in [0.4, 0.5) is 0 Å². The van der Waals surface area contributed by atoms with E-state index >= 15 is 0 Å². The van der Waals surface area contributed by atoms with Gasteiger partial charge in [-0.25, -0.2) is 4.98 Å². The van der Waals surface area contributed by atoms with E-state index in [1.165, 1.54) is 5.56 Å². The van der Waals surface area contributed by atoms with Crippen molar-refractivity contribution in [3.8, 4) is 6.07 Å². The monoisotopic (exact) mass is 229 g/mol. The maximum Gasteiger partial charge on any atom is 0.140 e. The summed E-state index contributed by atoms with van der Waals surface area (Å²) < 4.78 is 1.89. The fraction of sp³-hybridized carbons (Fsp3) is 0.429. The minimum Gasteiger partial charge on any atom is -0.334 e. The SMILES string of the molecule is CC.CC(C)c1cnc2c(c1)c(C#N)cn2C. The van der Waals surface area contributed by atoms with Crippen LogP contribution in [0.15, 0.2) is 18.5 Å². The summed E-state index contributed by atoms with van der Waals surface area (Å²) >= 11 is 0. The highest BCUT2D eigenvalue weighted by Gasteiger charge is 2.09. The fourth-order valence-corrected chi connectivity index (χ4v) is 1.68. The first-order valence-corrected chi connectivity index (χ1v) is 5.98. The second-order valence-electron chi connectivity index (χ2n) is 4.06. The molecule has 0 amide bonds. The Hall–Kier alpha value is -1.82. The van der Waals surface area contributed by atoms with E-state index in [9.17, 15) is 0 Å². The summed E-state index contributed by atoms with van der Waals surface area (Å²) in [5.74, 6) is 0.439. The van der Waals surface area contributed by atoms with Crippen molar-refractivity contribution >= 4 is 11.0 Å². The van der Waals surface area contributed by atoms with Crippen molar-refractivity contribution in [1.82, 2.24) is 9.55 Å². The van der Waals surface area contributed by atoms with Gasteiger partial charge in [0.05, 0.1) is 5.56 Å². The standard InChI is InChI=1S/C12H13N3.C2H6/c1-8(2)9-4-11-10(5-13)7-15(3)12(11)14-6-9;1-2/h4,6-8H,1-3H3;1-2H3. The van der Waals surface area contributed by atoms with E-state index in [-0.39, 0.29) is 0 Å². The maximum atomic E-state index is 8.99. The normalized spacial score (nSPS) is 9.94. The van der Waals surface area contributed by atoms with E-state index < -0.39 is 0 Å². The molecule has 0 aliphatic heterocycles. The zero-order valence-corrected chi connectivity index (χ0v) is 11.2. The number of aryl methyl sites for hydroxylation is 1. The van der Waals surface area contributed by atoms with Crippen molar-refractivity contribution in [1.29, 1.82) is 5.26 Å². The van der Waals surface area contributed by atoms with Gasteiger partial charge in [0.1, 0.15) is 11.7 Å². The lowest BCUT2D eigenvalue weighted by atomic mass is 10.0. The van der Waals surface area contributed by atoms with E-state index in [0.717, 1.165) is 11.0 Å². The van der Waals surface area contributed by atoms with Crippen LogP contribution in [0.25, 0.3) is 11.0 Å². The molecule has 0 spiro atoms. The van der Waals surface area contributed by atoms with Gasteiger partial charge in [0, 0.05) is 24.8 Å². The summed E-state index contributed by atoms with van der Waals surface area (Å²) in [6.45, 7) is 8.25. The minimum atomic E-state index is 0.439. The Balaban J connectivity index is 0.000000686. The molecule has 0 N–H and O–H groups in total. The molecule has 0 saturated heterocycles. The molecule has 2 aromatic rings. The highest BCUT2D eigenvalue weighted by atomic mass is 15.0. The lowest BCUT2D eigenvalue weighted by molar-refractivity contribution is 0.858. The largest absolute Gasteiger partial charge is 0.334 e. The van der Waals surface area contributed by atoms with E-state index in [1.807, 2.05) is 37.9 Å². The van der Waals surface area contributed by atoms with Crippen molar-refractivity contribution in [2.45, 2.75) is 33.6 Å². The Bertz CT molecular complexity index is 544. The van der Waals surface area contributed by atoms with Crippen molar-refractivity contribution in [2.75, 3.05) is 0 Å². The molecular formula is C14H19N3. The summed E-state index contributed by atoms with van der Waals surface area (Å²) in [6.07, 6.45) is 3.70. The molecule has 0 atom stereocenters. The number of fused-ring (bicyclic) bond motifs is 1. The topological polar surface area (TPSA) is 41.6 Å². The van der Waals surface area contributed by atoms with Gasteiger partial charge in [0.2, 0.25) is 0 Å². The van der Waals surface area contributed by atoms with E-state index in [2.05, 4.69) is 31.0 Å². The van der Waals surface area contributed by atoms with Gasteiger partial charge >= 0.3 is 0 Å². The quantitative estimate of drug-likeness (QED) is 0.749. The van der Waals surface area contributed by atoms with Gasteiger partial charge in [-0.05, 0) is 17.5 Å². The highest BCUT2D eigenvalue weighted by Crippen LogP contribution is 2.22. The number of rotatable bonds is 1. The molecule has 0 unspecified atom stereocenters. The maximum absolute atomic E-state index is 8.99. The van der Waals surface area contributed by atoms with Crippen LogP contribution in [-0.2, 0) is 7.05 Å². The molecular weight excluding hydrogens is 210 g/mol. The summed E-state index contributed by atoms with van der Waals surface area (Å²) in [6, 6.07) is 4.26. The lowest BCUT2D eigenvalue weighted by Crippen LogP contribution is -1.91. The third kappa shape index (κ3) is 2.47. The third-order valence-electron chi connectivity index (χ3n) is 2.62. The molecule has 3 heteroatoms. The van der Waals surface area contributed by atoms with Crippen LogP contribution >= 0.6 is 0 Å². The van der Waals surface area contributed by atoms with Crippen LogP contribution < -0.4 is 0 Å². The number of aromatic nitrogens is 2. The van der Waals surface area contributed by atoms with Crippen LogP contribution in [0.3, 0.4) is 0 Å². The van der Waals surface area contributed by atoms with E-state index in [4.69, 9.17) is 5.26 Å². The Labute approximate surface area is 103 Å². The molecule has 0 fully saturated rings. The highest BCUT2D eigenvalue weighted by molar-refractivity contribution is 5.83. The zero-order valence-electron chi connectivity index (χ0n) is 11.2.